The van der Waals surface area contributed by atoms with Gasteiger partial charge in [-0.1, -0.05) is 34.1 Å². The van der Waals surface area contributed by atoms with Crippen LogP contribution in [0.4, 0.5) is 0 Å². The van der Waals surface area contributed by atoms with E-state index in [-0.39, 0.29) is 22.9 Å². The Bertz CT molecular complexity index is 849. The largest absolute Gasteiger partial charge is 0.462 e. The van der Waals surface area contributed by atoms with Gasteiger partial charge in [0.25, 0.3) is 0 Å². The smallest absolute Gasteiger partial charge is 0.306 e. The molecule has 4 nitrogen and oxygen atoms in total. The first kappa shape index (κ1) is 25.5. The Morgan fingerprint density at radius 2 is 1.49 bits per heavy atom. The van der Waals surface area contributed by atoms with Gasteiger partial charge in [-0.05, 0) is 111 Å². The highest BCUT2D eigenvalue weighted by molar-refractivity contribution is 5.70. The van der Waals surface area contributed by atoms with E-state index in [1.54, 1.807) is 0 Å². The van der Waals surface area contributed by atoms with Crippen molar-refractivity contribution in [2.45, 2.75) is 124 Å². The predicted molar refractivity (Wildman–Crippen MR) is 137 cm³/mol. The molecule has 5 fully saturated rings. The van der Waals surface area contributed by atoms with Gasteiger partial charge in [0.05, 0.1) is 0 Å². The molecule has 0 spiro atoms. The van der Waals surface area contributed by atoms with Crippen LogP contribution in [0, 0.1) is 51.2 Å². The molecule has 5 rings (SSSR count). The van der Waals surface area contributed by atoms with Crippen LogP contribution in [0.15, 0.2) is 0 Å². The second kappa shape index (κ2) is 8.98. The number of hydrogen-bond donors (Lipinski definition) is 0. The fourth-order valence-electron chi connectivity index (χ4n) is 11.0. The van der Waals surface area contributed by atoms with Gasteiger partial charge in [-0.2, -0.15) is 0 Å². The molecule has 0 aliphatic heterocycles. The van der Waals surface area contributed by atoms with E-state index >= 15 is 0 Å². The molecule has 0 aromatic heterocycles. The molecule has 0 amide bonds. The summed E-state index contributed by atoms with van der Waals surface area (Å²) in [5.74, 6) is 3.30. The maximum atomic E-state index is 12.5. The van der Waals surface area contributed by atoms with E-state index in [0.29, 0.717) is 41.9 Å². The summed E-state index contributed by atoms with van der Waals surface area (Å²) >= 11 is 0. The number of aldehydes is 2. The second-order valence-corrected chi connectivity index (χ2v) is 14.3. The Labute approximate surface area is 212 Å². The van der Waals surface area contributed by atoms with Gasteiger partial charge in [0.1, 0.15) is 18.7 Å². The third-order valence-electron chi connectivity index (χ3n) is 12.8. The fourth-order valence-corrected chi connectivity index (χ4v) is 11.0. The molecule has 0 heterocycles. The van der Waals surface area contributed by atoms with Crippen molar-refractivity contribution in [1.29, 1.82) is 0 Å². The van der Waals surface area contributed by atoms with Crippen molar-refractivity contribution in [3.63, 3.8) is 0 Å². The van der Waals surface area contributed by atoms with E-state index in [2.05, 4.69) is 27.7 Å². The lowest BCUT2D eigenvalue weighted by Crippen LogP contribution is -2.62. The monoisotopic (exact) mass is 484 g/mol. The number of fused-ring (bicyclic) bond motifs is 7. The van der Waals surface area contributed by atoms with Gasteiger partial charge < -0.3 is 14.3 Å². The van der Waals surface area contributed by atoms with Gasteiger partial charge in [0.2, 0.25) is 0 Å². The minimum absolute atomic E-state index is 0.00619. The van der Waals surface area contributed by atoms with Crippen LogP contribution in [0.1, 0.15) is 118 Å². The quantitative estimate of drug-likeness (QED) is 0.233. The predicted octanol–water partition coefficient (Wildman–Crippen LogP) is 6.93. The van der Waals surface area contributed by atoms with Gasteiger partial charge in [-0.15, -0.1) is 0 Å². The van der Waals surface area contributed by atoms with Crippen molar-refractivity contribution < 1.29 is 19.1 Å². The zero-order valence-electron chi connectivity index (χ0n) is 22.7. The molecular weight excluding hydrogens is 436 g/mol. The average molecular weight is 485 g/mol. The summed E-state index contributed by atoms with van der Waals surface area (Å²) in [4.78, 5) is 35.4. The summed E-state index contributed by atoms with van der Waals surface area (Å²) in [7, 11) is 0. The molecular formula is C31H48O4. The van der Waals surface area contributed by atoms with Crippen LogP contribution < -0.4 is 0 Å². The first-order valence-electron chi connectivity index (χ1n) is 14.7. The molecule has 0 saturated heterocycles. The Kier molecular flexibility index (Phi) is 6.53. The number of carbonyl (C=O) groups excluding carboxylic acids is 3. The third-order valence-corrected chi connectivity index (χ3v) is 12.8. The molecule has 0 aromatic carbocycles. The molecule has 0 aromatic rings. The molecule has 4 heteroatoms. The van der Waals surface area contributed by atoms with E-state index in [4.69, 9.17) is 4.74 Å². The van der Waals surface area contributed by atoms with Gasteiger partial charge >= 0.3 is 5.97 Å². The summed E-state index contributed by atoms with van der Waals surface area (Å²) in [6, 6.07) is 0. The summed E-state index contributed by atoms with van der Waals surface area (Å²) in [5, 5.41) is 0. The lowest BCUT2D eigenvalue weighted by molar-refractivity contribution is -0.212. The molecule has 5 saturated carbocycles. The van der Waals surface area contributed by atoms with Crippen molar-refractivity contribution >= 4 is 18.5 Å². The van der Waals surface area contributed by atoms with Crippen LogP contribution in [0.5, 0.6) is 0 Å². The lowest BCUT2D eigenvalue weighted by atomic mass is 9.37. The van der Waals surface area contributed by atoms with Crippen molar-refractivity contribution in [1.82, 2.24) is 0 Å². The van der Waals surface area contributed by atoms with Gasteiger partial charge in [-0.3, -0.25) is 4.79 Å². The zero-order valence-corrected chi connectivity index (χ0v) is 22.7. The van der Waals surface area contributed by atoms with Crippen LogP contribution in [0.25, 0.3) is 0 Å². The molecule has 5 aliphatic rings. The molecule has 8 unspecified atom stereocenters. The Hall–Kier alpha value is -1.19. The van der Waals surface area contributed by atoms with Crippen molar-refractivity contribution in [3.8, 4) is 0 Å². The Morgan fingerprint density at radius 3 is 2.20 bits per heavy atom. The first-order chi connectivity index (χ1) is 16.6. The minimum Gasteiger partial charge on any atom is -0.462 e. The Morgan fingerprint density at radius 1 is 0.800 bits per heavy atom. The standard InChI is InChI=1S/C31H48O4/c1-28(2)25-13-12-21-22(30(25,4)16-14-26(28)35-27(34)9-5-6-19-32)10-11-23-24-8-7-15-31(24,20-33)18-17-29(21,23)3/h19-26H,5-18H2,1-4H3/t21?,22?,23?,24?,25?,26?,29-,30?,31?/m0/s1. The number of rotatable bonds is 6. The SMILES string of the molecule is CC1(C)C(OC(=O)CCCC=O)CCC2(C)C3CCC4C5CCCC5(C=O)CC[C@@]4(C)C3CCC12. The van der Waals surface area contributed by atoms with Crippen LogP contribution in [-0.4, -0.2) is 24.6 Å². The Balaban J connectivity index is 1.34. The van der Waals surface area contributed by atoms with Crippen LogP contribution in [0.3, 0.4) is 0 Å². The molecule has 35 heavy (non-hydrogen) atoms. The topological polar surface area (TPSA) is 60.4 Å². The summed E-state index contributed by atoms with van der Waals surface area (Å²) in [6.07, 6.45) is 16.9. The van der Waals surface area contributed by atoms with E-state index < -0.39 is 0 Å². The highest BCUT2D eigenvalue weighted by Crippen LogP contribution is 2.72. The highest BCUT2D eigenvalue weighted by atomic mass is 16.5. The van der Waals surface area contributed by atoms with E-state index in [1.807, 2.05) is 0 Å². The van der Waals surface area contributed by atoms with Crippen LogP contribution >= 0.6 is 0 Å². The highest BCUT2D eigenvalue weighted by Gasteiger charge is 2.66. The zero-order chi connectivity index (χ0) is 25.1. The van der Waals surface area contributed by atoms with Crippen LogP contribution in [-0.2, 0) is 19.1 Å². The molecule has 0 radical (unpaired) electrons. The molecule has 5 aliphatic carbocycles. The van der Waals surface area contributed by atoms with Crippen LogP contribution in [0.2, 0.25) is 0 Å². The van der Waals surface area contributed by atoms with E-state index in [0.717, 1.165) is 49.7 Å². The maximum absolute atomic E-state index is 12.5. The van der Waals surface area contributed by atoms with Gasteiger partial charge in [-0.25, -0.2) is 0 Å². The molecule has 196 valence electrons. The number of carbonyl (C=O) groups is 3. The minimum atomic E-state index is -0.132. The van der Waals surface area contributed by atoms with Crippen molar-refractivity contribution in [3.05, 3.63) is 0 Å². The lowest BCUT2D eigenvalue weighted by Gasteiger charge is -2.68. The molecule has 9 atom stereocenters. The van der Waals surface area contributed by atoms with Crippen molar-refractivity contribution in [2.24, 2.45) is 51.2 Å². The summed E-state index contributed by atoms with van der Waals surface area (Å²) in [6.45, 7) is 9.90. The number of unbranched alkanes of at least 4 members (excludes halogenated alkanes) is 1. The second-order valence-electron chi connectivity index (χ2n) is 14.3. The van der Waals surface area contributed by atoms with Crippen molar-refractivity contribution in [2.75, 3.05) is 0 Å². The number of esters is 1. The summed E-state index contributed by atoms with van der Waals surface area (Å²) in [5.41, 5.74) is 0.647. The van der Waals surface area contributed by atoms with Gasteiger partial charge in [0, 0.05) is 23.7 Å². The maximum Gasteiger partial charge on any atom is 0.306 e. The fraction of sp³-hybridized carbons (Fsp3) is 0.903. The summed E-state index contributed by atoms with van der Waals surface area (Å²) < 4.78 is 6.07. The number of hydrogen-bond acceptors (Lipinski definition) is 4. The normalized spacial score (nSPS) is 48.0. The van der Waals surface area contributed by atoms with Gasteiger partial charge in [0.15, 0.2) is 0 Å². The number of ether oxygens (including phenoxy) is 1. The van der Waals surface area contributed by atoms with E-state index in [1.165, 1.54) is 51.2 Å². The van der Waals surface area contributed by atoms with E-state index in [9.17, 15) is 14.4 Å². The average Bonchev–Trinajstić information content (AvgIpc) is 3.26. The molecule has 0 bridgehead atoms. The first-order valence-corrected chi connectivity index (χ1v) is 14.7. The molecule has 0 N–H and O–H groups in total. The third kappa shape index (κ3) is 3.78.